The standard InChI is InChI=1S/C15H30N2O/c1-4-6-7-13-17(3)14(18)15(8-5-2)9-11-16-12-10-15/h16H,4-13H2,1-3H3. The first kappa shape index (κ1) is 15.5. The second-order valence-electron chi connectivity index (χ2n) is 5.71. The SMILES string of the molecule is CCCCCN(C)C(=O)C1(CCC)CCNCC1. The van der Waals surface area contributed by atoms with Crippen LogP contribution in [-0.4, -0.2) is 37.5 Å². The average molecular weight is 254 g/mol. The van der Waals surface area contributed by atoms with Gasteiger partial charge in [0.1, 0.15) is 0 Å². The summed E-state index contributed by atoms with van der Waals surface area (Å²) >= 11 is 0. The molecular formula is C15H30N2O. The highest BCUT2D eigenvalue weighted by atomic mass is 16.2. The molecular weight excluding hydrogens is 224 g/mol. The van der Waals surface area contributed by atoms with E-state index >= 15 is 0 Å². The van der Waals surface area contributed by atoms with E-state index in [9.17, 15) is 4.79 Å². The number of unbranched alkanes of at least 4 members (excludes halogenated alkanes) is 2. The Morgan fingerprint density at radius 1 is 1.17 bits per heavy atom. The summed E-state index contributed by atoms with van der Waals surface area (Å²) in [5.74, 6) is 0.391. The van der Waals surface area contributed by atoms with Crippen LogP contribution in [0.2, 0.25) is 0 Å². The lowest BCUT2D eigenvalue weighted by Gasteiger charge is -2.39. The van der Waals surface area contributed by atoms with Crippen LogP contribution in [0, 0.1) is 5.41 Å². The van der Waals surface area contributed by atoms with Gasteiger partial charge in [0.2, 0.25) is 5.91 Å². The van der Waals surface area contributed by atoms with Crippen molar-refractivity contribution in [2.45, 2.75) is 58.8 Å². The lowest BCUT2D eigenvalue weighted by Crippen LogP contribution is -2.48. The molecule has 1 heterocycles. The molecule has 106 valence electrons. The van der Waals surface area contributed by atoms with E-state index in [-0.39, 0.29) is 5.41 Å². The van der Waals surface area contributed by atoms with Gasteiger partial charge in [-0.3, -0.25) is 4.79 Å². The Bertz CT molecular complexity index is 241. The van der Waals surface area contributed by atoms with Crippen LogP contribution < -0.4 is 5.32 Å². The van der Waals surface area contributed by atoms with Gasteiger partial charge in [-0.25, -0.2) is 0 Å². The van der Waals surface area contributed by atoms with Crippen molar-refractivity contribution in [1.29, 1.82) is 0 Å². The van der Waals surface area contributed by atoms with Crippen LogP contribution in [-0.2, 0) is 4.79 Å². The first-order valence-corrected chi connectivity index (χ1v) is 7.62. The van der Waals surface area contributed by atoms with Crippen LogP contribution in [0.3, 0.4) is 0 Å². The number of hydrogen-bond acceptors (Lipinski definition) is 2. The van der Waals surface area contributed by atoms with Crippen molar-refractivity contribution in [3.05, 3.63) is 0 Å². The molecule has 1 fully saturated rings. The third-order valence-corrected chi connectivity index (χ3v) is 4.19. The molecule has 0 atom stereocenters. The van der Waals surface area contributed by atoms with Crippen LogP contribution in [0.4, 0.5) is 0 Å². The fraction of sp³-hybridized carbons (Fsp3) is 0.933. The van der Waals surface area contributed by atoms with Gasteiger partial charge < -0.3 is 10.2 Å². The highest BCUT2D eigenvalue weighted by Gasteiger charge is 2.39. The molecule has 18 heavy (non-hydrogen) atoms. The summed E-state index contributed by atoms with van der Waals surface area (Å²) in [5.41, 5.74) is -0.0685. The Hall–Kier alpha value is -0.570. The van der Waals surface area contributed by atoms with Gasteiger partial charge in [-0.05, 0) is 38.8 Å². The highest BCUT2D eigenvalue weighted by Crippen LogP contribution is 2.35. The molecule has 1 saturated heterocycles. The zero-order chi connectivity index (χ0) is 13.4. The van der Waals surface area contributed by atoms with Crippen LogP contribution in [0.5, 0.6) is 0 Å². The largest absolute Gasteiger partial charge is 0.345 e. The van der Waals surface area contributed by atoms with Crippen molar-refractivity contribution >= 4 is 5.91 Å². The van der Waals surface area contributed by atoms with E-state index in [4.69, 9.17) is 0 Å². The normalized spacial score (nSPS) is 18.6. The van der Waals surface area contributed by atoms with Crippen molar-refractivity contribution in [2.75, 3.05) is 26.7 Å². The first-order chi connectivity index (χ1) is 8.66. The summed E-state index contributed by atoms with van der Waals surface area (Å²) in [6.07, 6.45) is 7.75. The molecule has 0 aromatic rings. The number of carbonyl (C=O) groups is 1. The average Bonchev–Trinajstić information content (AvgIpc) is 2.39. The predicted molar refractivity (Wildman–Crippen MR) is 76.6 cm³/mol. The molecule has 1 aliphatic rings. The lowest BCUT2D eigenvalue weighted by molar-refractivity contribution is -0.143. The maximum Gasteiger partial charge on any atom is 0.228 e. The fourth-order valence-corrected chi connectivity index (χ4v) is 3.06. The molecule has 0 aliphatic carbocycles. The maximum atomic E-state index is 12.7. The number of piperidine rings is 1. The summed E-state index contributed by atoms with van der Waals surface area (Å²) in [4.78, 5) is 14.7. The summed E-state index contributed by atoms with van der Waals surface area (Å²) in [5, 5.41) is 3.37. The van der Waals surface area contributed by atoms with Crippen molar-refractivity contribution in [3.8, 4) is 0 Å². The molecule has 1 aliphatic heterocycles. The number of rotatable bonds is 7. The molecule has 0 saturated carbocycles. The molecule has 0 aromatic carbocycles. The minimum atomic E-state index is -0.0685. The topological polar surface area (TPSA) is 32.3 Å². The minimum Gasteiger partial charge on any atom is -0.345 e. The molecule has 1 amide bonds. The van der Waals surface area contributed by atoms with E-state index < -0.39 is 0 Å². The van der Waals surface area contributed by atoms with Crippen LogP contribution in [0.1, 0.15) is 58.8 Å². The van der Waals surface area contributed by atoms with Gasteiger partial charge in [0, 0.05) is 13.6 Å². The number of amides is 1. The molecule has 1 rings (SSSR count). The molecule has 0 aromatic heterocycles. The third-order valence-electron chi connectivity index (χ3n) is 4.19. The number of nitrogens with zero attached hydrogens (tertiary/aromatic N) is 1. The van der Waals surface area contributed by atoms with Gasteiger partial charge in [0.15, 0.2) is 0 Å². The summed E-state index contributed by atoms with van der Waals surface area (Å²) in [6.45, 7) is 7.30. The molecule has 0 bridgehead atoms. The van der Waals surface area contributed by atoms with E-state index in [1.54, 1.807) is 0 Å². The first-order valence-electron chi connectivity index (χ1n) is 7.62. The van der Waals surface area contributed by atoms with Gasteiger partial charge >= 0.3 is 0 Å². The second kappa shape index (κ2) is 7.78. The summed E-state index contributed by atoms with van der Waals surface area (Å²) in [6, 6.07) is 0. The summed E-state index contributed by atoms with van der Waals surface area (Å²) < 4.78 is 0. The quantitative estimate of drug-likeness (QED) is 0.709. The van der Waals surface area contributed by atoms with Crippen LogP contribution in [0.25, 0.3) is 0 Å². The molecule has 3 nitrogen and oxygen atoms in total. The number of hydrogen-bond donors (Lipinski definition) is 1. The van der Waals surface area contributed by atoms with Gasteiger partial charge in [0.25, 0.3) is 0 Å². The van der Waals surface area contributed by atoms with Crippen molar-refractivity contribution in [1.82, 2.24) is 10.2 Å². The minimum absolute atomic E-state index is 0.0685. The van der Waals surface area contributed by atoms with Gasteiger partial charge in [0.05, 0.1) is 5.41 Å². The van der Waals surface area contributed by atoms with Crippen molar-refractivity contribution < 1.29 is 4.79 Å². The summed E-state index contributed by atoms with van der Waals surface area (Å²) in [7, 11) is 1.98. The van der Waals surface area contributed by atoms with Gasteiger partial charge in [-0.1, -0.05) is 33.1 Å². The zero-order valence-corrected chi connectivity index (χ0v) is 12.4. The van der Waals surface area contributed by atoms with Crippen molar-refractivity contribution in [3.63, 3.8) is 0 Å². The second-order valence-corrected chi connectivity index (χ2v) is 5.71. The molecule has 3 heteroatoms. The Morgan fingerprint density at radius 3 is 2.39 bits per heavy atom. The van der Waals surface area contributed by atoms with Crippen LogP contribution >= 0.6 is 0 Å². The number of nitrogens with one attached hydrogen (secondary N) is 1. The smallest absolute Gasteiger partial charge is 0.228 e. The fourth-order valence-electron chi connectivity index (χ4n) is 3.06. The van der Waals surface area contributed by atoms with E-state index in [1.807, 2.05) is 11.9 Å². The van der Waals surface area contributed by atoms with Gasteiger partial charge in [-0.2, -0.15) is 0 Å². The maximum absolute atomic E-state index is 12.7. The van der Waals surface area contributed by atoms with Gasteiger partial charge in [-0.15, -0.1) is 0 Å². The van der Waals surface area contributed by atoms with E-state index in [0.29, 0.717) is 5.91 Å². The van der Waals surface area contributed by atoms with E-state index in [2.05, 4.69) is 19.2 Å². The molecule has 0 unspecified atom stereocenters. The highest BCUT2D eigenvalue weighted by molar-refractivity contribution is 5.82. The number of carbonyl (C=O) groups excluding carboxylic acids is 1. The van der Waals surface area contributed by atoms with Crippen LogP contribution in [0.15, 0.2) is 0 Å². The molecule has 0 spiro atoms. The predicted octanol–water partition coefficient (Wildman–Crippen LogP) is 2.80. The Kier molecular flexibility index (Phi) is 6.69. The van der Waals surface area contributed by atoms with E-state index in [0.717, 1.165) is 51.7 Å². The van der Waals surface area contributed by atoms with E-state index in [1.165, 1.54) is 12.8 Å². The third kappa shape index (κ3) is 3.98. The Morgan fingerprint density at radius 2 is 1.83 bits per heavy atom. The monoisotopic (exact) mass is 254 g/mol. The Labute approximate surface area is 112 Å². The Balaban J connectivity index is 2.57. The lowest BCUT2D eigenvalue weighted by atomic mass is 9.74. The van der Waals surface area contributed by atoms with Crippen molar-refractivity contribution in [2.24, 2.45) is 5.41 Å². The molecule has 0 radical (unpaired) electrons. The molecule has 1 N–H and O–H groups in total. The zero-order valence-electron chi connectivity index (χ0n) is 12.4.